The molecule has 8 heteroatoms. The third-order valence-electron chi connectivity index (χ3n) is 6.38. The first-order chi connectivity index (χ1) is 14.4. The average Bonchev–Trinajstić information content (AvgIpc) is 3.10. The second kappa shape index (κ2) is 8.26. The first-order valence-electron chi connectivity index (χ1n) is 10.8. The predicted octanol–water partition coefficient (Wildman–Crippen LogP) is 1.38. The van der Waals surface area contributed by atoms with Crippen LogP contribution in [0.2, 0.25) is 0 Å². The number of carbonyl (C=O) groups excluding carboxylic acids is 2. The lowest BCUT2D eigenvalue weighted by atomic mass is 10.0. The molecule has 3 heterocycles. The molecule has 2 unspecified atom stereocenters. The number of hydrogen-bond donors (Lipinski definition) is 1. The number of hydrogen-bond acceptors (Lipinski definition) is 6. The van der Waals surface area contributed by atoms with Crippen LogP contribution in [0.1, 0.15) is 30.0 Å². The van der Waals surface area contributed by atoms with Crippen molar-refractivity contribution >= 4 is 17.9 Å². The zero-order valence-corrected chi connectivity index (χ0v) is 18.4. The van der Waals surface area contributed by atoms with Crippen molar-refractivity contribution in [2.24, 2.45) is 4.99 Å². The number of benzene rings is 1. The highest BCUT2D eigenvalue weighted by Crippen LogP contribution is 2.28. The van der Waals surface area contributed by atoms with Crippen molar-refractivity contribution < 1.29 is 9.59 Å². The lowest BCUT2D eigenvalue weighted by Crippen LogP contribution is -2.64. The molecule has 3 amide bonds. The Kier molecular flexibility index (Phi) is 5.69. The number of nitrogens with zero attached hydrogens (tertiary/aromatic N) is 5. The van der Waals surface area contributed by atoms with Gasteiger partial charge < -0.3 is 14.7 Å². The van der Waals surface area contributed by atoms with Gasteiger partial charge in [0.05, 0.1) is 0 Å². The first-order valence-corrected chi connectivity index (χ1v) is 10.8. The van der Waals surface area contributed by atoms with Gasteiger partial charge in [0.15, 0.2) is 18.2 Å². The SMILES string of the molecule is CCCN1CCN(C2=NC3C(C(=O)NC(=O)N3C)N2Cc2cc(C)ccc2C)CC1. The summed E-state index contributed by atoms with van der Waals surface area (Å²) in [6.45, 7) is 11.8. The minimum absolute atomic E-state index is 0.267. The number of amides is 3. The molecule has 0 bridgehead atoms. The molecule has 2 saturated heterocycles. The number of aliphatic imine (C=N–C) groups is 1. The fourth-order valence-electron chi connectivity index (χ4n) is 4.59. The Morgan fingerprint density at radius 2 is 1.87 bits per heavy atom. The summed E-state index contributed by atoms with van der Waals surface area (Å²) >= 11 is 0. The van der Waals surface area contributed by atoms with Crippen LogP contribution in [-0.2, 0) is 11.3 Å². The second-order valence-corrected chi connectivity index (χ2v) is 8.58. The molecular formula is C22H32N6O2. The van der Waals surface area contributed by atoms with Crippen LogP contribution >= 0.6 is 0 Å². The zero-order valence-electron chi connectivity index (χ0n) is 18.4. The van der Waals surface area contributed by atoms with Gasteiger partial charge in [-0.3, -0.25) is 15.0 Å². The fraction of sp³-hybridized carbons (Fsp3) is 0.591. The summed E-state index contributed by atoms with van der Waals surface area (Å²) in [5.41, 5.74) is 3.57. The summed E-state index contributed by atoms with van der Waals surface area (Å²) in [6.07, 6.45) is 0.664. The standard InChI is InChI=1S/C22H32N6O2/c1-5-8-26-9-11-27(12-10-26)21-23-19-18(20(29)24-22(30)25(19)4)28(21)14-17-13-15(2)6-7-16(17)3/h6-7,13,18-19H,5,8-12,14H2,1-4H3,(H,24,29,30). The van der Waals surface area contributed by atoms with Gasteiger partial charge in [0.25, 0.3) is 5.91 Å². The van der Waals surface area contributed by atoms with E-state index in [0.717, 1.165) is 45.1 Å². The van der Waals surface area contributed by atoms with E-state index in [9.17, 15) is 9.59 Å². The van der Waals surface area contributed by atoms with Crippen molar-refractivity contribution in [2.45, 2.75) is 45.9 Å². The number of nitrogens with one attached hydrogen (secondary N) is 1. The van der Waals surface area contributed by atoms with Crippen LogP contribution in [0.3, 0.4) is 0 Å². The van der Waals surface area contributed by atoms with Crippen molar-refractivity contribution in [1.29, 1.82) is 0 Å². The monoisotopic (exact) mass is 412 g/mol. The number of urea groups is 1. The van der Waals surface area contributed by atoms with E-state index in [2.05, 4.69) is 59.0 Å². The largest absolute Gasteiger partial charge is 0.340 e. The maximum absolute atomic E-state index is 12.8. The quantitative estimate of drug-likeness (QED) is 0.809. The summed E-state index contributed by atoms with van der Waals surface area (Å²) < 4.78 is 0. The van der Waals surface area contributed by atoms with E-state index >= 15 is 0 Å². The zero-order chi connectivity index (χ0) is 21.4. The molecule has 1 aromatic carbocycles. The minimum atomic E-state index is -0.503. The molecule has 0 spiro atoms. The average molecular weight is 413 g/mol. The molecule has 0 aromatic heterocycles. The van der Waals surface area contributed by atoms with Gasteiger partial charge in [0.1, 0.15) is 0 Å². The van der Waals surface area contributed by atoms with Crippen LogP contribution in [0.15, 0.2) is 23.2 Å². The van der Waals surface area contributed by atoms with E-state index in [1.165, 1.54) is 16.7 Å². The number of fused-ring (bicyclic) bond motifs is 1. The van der Waals surface area contributed by atoms with E-state index < -0.39 is 12.2 Å². The van der Waals surface area contributed by atoms with Gasteiger partial charge in [-0.15, -0.1) is 0 Å². The molecule has 1 aromatic rings. The normalized spacial score (nSPS) is 24.8. The Morgan fingerprint density at radius 3 is 2.57 bits per heavy atom. The first kappa shape index (κ1) is 20.7. The molecule has 8 nitrogen and oxygen atoms in total. The smallest absolute Gasteiger partial charge is 0.325 e. The fourth-order valence-corrected chi connectivity index (χ4v) is 4.59. The Hall–Kier alpha value is -2.61. The number of carbonyl (C=O) groups is 2. The van der Waals surface area contributed by atoms with E-state index in [1.807, 2.05) is 0 Å². The second-order valence-electron chi connectivity index (χ2n) is 8.58. The number of imide groups is 1. The van der Waals surface area contributed by atoms with E-state index in [4.69, 9.17) is 4.99 Å². The van der Waals surface area contributed by atoms with Gasteiger partial charge in [-0.1, -0.05) is 30.7 Å². The minimum Gasteiger partial charge on any atom is -0.340 e. The van der Waals surface area contributed by atoms with Gasteiger partial charge in [-0.2, -0.15) is 0 Å². The van der Waals surface area contributed by atoms with Gasteiger partial charge in [-0.05, 0) is 37.9 Å². The molecule has 4 rings (SSSR count). The molecule has 3 aliphatic rings. The molecule has 0 saturated carbocycles. The van der Waals surface area contributed by atoms with Crippen LogP contribution < -0.4 is 5.32 Å². The summed E-state index contributed by atoms with van der Waals surface area (Å²) in [7, 11) is 1.71. The maximum atomic E-state index is 12.8. The van der Waals surface area contributed by atoms with Crippen LogP contribution in [0.5, 0.6) is 0 Å². The van der Waals surface area contributed by atoms with Crippen LogP contribution in [0.4, 0.5) is 4.79 Å². The van der Waals surface area contributed by atoms with E-state index in [1.54, 1.807) is 11.9 Å². The van der Waals surface area contributed by atoms with Gasteiger partial charge >= 0.3 is 6.03 Å². The molecule has 162 valence electrons. The van der Waals surface area contributed by atoms with Crippen LogP contribution in [-0.4, -0.2) is 89.5 Å². The molecule has 3 aliphatic heterocycles. The molecule has 0 radical (unpaired) electrons. The summed E-state index contributed by atoms with van der Waals surface area (Å²) in [5.74, 6) is 0.565. The van der Waals surface area contributed by atoms with Crippen molar-refractivity contribution in [3.8, 4) is 0 Å². The van der Waals surface area contributed by atoms with Crippen molar-refractivity contribution in [2.75, 3.05) is 39.8 Å². The maximum Gasteiger partial charge on any atom is 0.325 e. The number of rotatable bonds is 4. The molecule has 2 fully saturated rings. The van der Waals surface area contributed by atoms with E-state index in [-0.39, 0.29) is 11.9 Å². The van der Waals surface area contributed by atoms with Crippen molar-refractivity contribution in [1.82, 2.24) is 24.9 Å². The Morgan fingerprint density at radius 1 is 1.13 bits per heavy atom. The molecule has 30 heavy (non-hydrogen) atoms. The van der Waals surface area contributed by atoms with Crippen LogP contribution in [0, 0.1) is 13.8 Å². The number of guanidine groups is 1. The van der Waals surface area contributed by atoms with Gasteiger partial charge in [-0.25, -0.2) is 9.79 Å². The summed E-state index contributed by atoms with van der Waals surface area (Å²) in [5, 5.41) is 2.50. The Bertz CT molecular complexity index is 861. The Labute approximate surface area is 178 Å². The molecule has 2 atom stereocenters. The highest BCUT2D eigenvalue weighted by Gasteiger charge is 2.49. The topological polar surface area (TPSA) is 71.5 Å². The Balaban J connectivity index is 1.64. The van der Waals surface area contributed by atoms with Crippen molar-refractivity contribution in [3.05, 3.63) is 34.9 Å². The lowest BCUT2D eigenvalue weighted by molar-refractivity contribution is -0.127. The van der Waals surface area contributed by atoms with Gasteiger partial charge in [0, 0.05) is 39.8 Å². The van der Waals surface area contributed by atoms with Gasteiger partial charge in [0.2, 0.25) is 0 Å². The van der Waals surface area contributed by atoms with Crippen molar-refractivity contribution in [3.63, 3.8) is 0 Å². The summed E-state index contributed by atoms with van der Waals surface area (Å²) in [4.78, 5) is 38.3. The molecule has 1 N–H and O–H groups in total. The lowest BCUT2D eigenvalue weighted by Gasteiger charge is -2.40. The third kappa shape index (κ3) is 3.76. The number of aryl methyl sites for hydroxylation is 2. The summed E-state index contributed by atoms with van der Waals surface area (Å²) in [6, 6.07) is 5.51. The molecular weight excluding hydrogens is 380 g/mol. The number of piperazine rings is 1. The molecule has 0 aliphatic carbocycles. The van der Waals surface area contributed by atoms with Crippen LogP contribution in [0.25, 0.3) is 0 Å². The van der Waals surface area contributed by atoms with E-state index in [0.29, 0.717) is 6.54 Å². The predicted molar refractivity (Wildman–Crippen MR) is 116 cm³/mol. The number of likely N-dealkylation sites (N-methyl/N-ethyl adjacent to an activating group) is 1. The highest BCUT2D eigenvalue weighted by atomic mass is 16.2. The highest BCUT2D eigenvalue weighted by molar-refractivity contribution is 6.03. The third-order valence-corrected chi connectivity index (χ3v) is 6.38.